The van der Waals surface area contributed by atoms with Crippen molar-refractivity contribution < 1.29 is 0 Å². The maximum atomic E-state index is 5.21. The molecule has 0 bridgehead atoms. The minimum atomic E-state index is 0.482. The zero-order valence-corrected chi connectivity index (χ0v) is 7.43. The summed E-state index contributed by atoms with van der Waals surface area (Å²) in [6.07, 6.45) is 8.85. The predicted octanol–water partition coefficient (Wildman–Crippen LogP) is 1.79. The molecule has 0 aliphatic heterocycles. The Hall–Kier alpha value is -0.480. The van der Waals surface area contributed by atoms with Crippen molar-refractivity contribution in [1.29, 1.82) is 0 Å². The summed E-state index contributed by atoms with van der Waals surface area (Å²) in [6.45, 7) is 4.41. The van der Waals surface area contributed by atoms with Crippen LogP contribution in [0.15, 0.2) is 0 Å². The van der Waals surface area contributed by atoms with Crippen LogP contribution in [-0.2, 0) is 0 Å². The van der Waals surface area contributed by atoms with Gasteiger partial charge in [-0.3, -0.25) is 0 Å². The molecule has 2 unspecified atom stereocenters. The molecule has 0 aromatic carbocycles. The molecular formula is C10H17N. The molecule has 0 amide bonds. The lowest BCUT2D eigenvalue weighted by atomic mass is 10.1. The van der Waals surface area contributed by atoms with Crippen LogP contribution in [0.25, 0.3) is 0 Å². The molecule has 1 nitrogen and oxygen atoms in total. The molecule has 0 heterocycles. The fourth-order valence-electron chi connectivity index (χ4n) is 1.42. The molecule has 1 aliphatic rings. The fraction of sp³-hybridized carbons (Fsp3) is 0.800. The van der Waals surface area contributed by atoms with Gasteiger partial charge in [-0.05, 0) is 32.6 Å². The van der Waals surface area contributed by atoms with Crippen molar-refractivity contribution in [2.24, 2.45) is 5.92 Å². The highest BCUT2D eigenvalue weighted by Crippen LogP contribution is 2.32. The predicted molar refractivity (Wildman–Crippen MR) is 48.2 cm³/mol. The third-order valence-electron chi connectivity index (χ3n) is 2.30. The Morgan fingerprint density at radius 3 is 2.64 bits per heavy atom. The van der Waals surface area contributed by atoms with Gasteiger partial charge in [0.15, 0.2) is 0 Å². The van der Waals surface area contributed by atoms with Gasteiger partial charge in [-0.2, -0.15) is 0 Å². The Balaban J connectivity index is 2.13. The Bertz CT molecular complexity index is 153. The van der Waals surface area contributed by atoms with Crippen LogP contribution in [-0.4, -0.2) is 12.1 Å². The summed E-state index contributed by atoms with van der Waals surface area (Å²) in [6, 6.07) is 1.15. The van der Waals surface area contributed by atoms with Crippen LogP contribution < -0.4 is 5.32 Å². The highest BCUT2D eigenvalue weighted by atomic mass is 14.9. The molecule has 1 fully saturated rings. The molecular weight excluding hydrogens is 134 g/mol. The summed E-state index contributed by atoms with van der Waals surface area (Å²) < 4.78 is 0. The van der Waals surface area contributed by atoms with Crippen LogP contribution in [0.5, 0.6) is 0 Å². The van der Waals surface area contributed by atoms with Crippen molar-refractivity contribution in [2.45, 2.75) is 45.2 Å². The van der Waals surface area contributed by atoms with Gasteiger partial charge in [-0.15, -0.1) is 12.3 Å². The first-order chi connectivity index (χ1) is 5.24. The molecule has 0 saturated heterocycles. The molecule has 1 N–H and O–H groups in total. The smallest absolute Gasteiger partial charge is 0.0238 e. The van der Waals surface area contributed by atoms with E-state index in [1.165, 1.54) is 12.8 Å². The molecule has 0 aromatic rings. The van der Waals surface area contributed by atoms with E-state index in [9.17, 15) is 0 Å². The van der Waals surface area contributed by atoms with E-state index >= 15 is 0 Å². The monoisotopic (exact) mass is 151 g/mol. The van der Waals surface area contributed by atoms with Crippen molar-refractivity contribution in [3.8, 4) is 12.3 Å². The maximum Gasteiger partial charge on any atom is 0.0238 e. The highest BCUT2D eigenvalue weighted by Gasteiger charge is 2.28. The van der Waals surface area contributed by atoms with Crippen molar-refractivity contribution in [2.75, 3.05) is 0 Å². The van der Waals surface area contributed by atoms with Gasteiger partial charge in [-0.1, -0.05) is 0 Å². The second-order valence-corrected chi connectivity index (χ2v) is 3.60. The standard InChI is InChI=1S/C10H17N/c1-4-5-8(2)11-9(3)10-6-7-10/h1,8-11H,5-7H2,2-3H3. The van der Waals surface area contributed by atoms with Gasteiger partial charge in [0.05, 0.1) is 0 Å². The number of hydrogen-bond donors (Lipinski definition) is 1. The van der Waals surface area contributed by atoms with Gasteiger partial charge in [0.25, 0.3) is 0 Å². The van der Waals surface area contributed by atoms with Gasteiger partial charge in [0.2, 0.25) is 0 Å². The topological polar surface area (TPSA) is 12.0 Å². The summed E-state index contributed by atoms with van der Waals surface area (Å²) in [4.78, 5) is 0. The largest absolute Gasteiger partial charge is 0.311 e. The van der Waals surface area contributed by atoms with Crippen LogP contribution in [0.2, 0.25) is 0 Å². The van der Waals surface area contributed by atoms with E-state index in [2.05, 4.69) is 25.1 Å². The van der Waals surface area contributed by atoms with E-state index < -0.39 is 0 Å². The maximum absolute atomic E-state index is 5.21. The van der Waals surface area contributed by atoms with Crippen molar-refractivity contribution in [3.05, 3.63) is 0 Å². The summed E-state index contributed by atoms with van der Waals surface area (Å²) in [5.41, 5.74) is 0. The quantitative estimate of drug-likeness (QED) is 0.604. The first-order valence-electron chi connectivity index (χ1n) is 4.43. The zero-order chi connectivity index (χ0) is 8.27. The summed E-state index contributed by atoms with van der Waals surface area (Å²) >= 11 is 0. The van der Waals surface area contributed by atoms with Crippen LogP contribution in [0.4, 0.5) is 0 Å². The van der Waals surface area contributed by atoms with Gasteiger partial charge >= 0.3 is 0 Å². The van der Waals surface area contributed by atoms with Gasteiger partial charge in [0, 0.05) is 18.5 Å². The second-order valence-electron chi connectivity index (χ2n) is 3.60. The molecule has 1 saturated carbocycles. The minimum Gasteiger partial charge on any atom is -0.311 e. The Kier molecular flexibility index (Phi) is 2.96. The average molecular weight is 151 g/mol. The number of terminal acetylenes is 1. The van der Waals surface area contributed by atoms with E-state index in [4.69, 9.17) is 6.42 Å². The lowest BCUT2D eigenvalue weighted by Gasteiger charge is -2.17. The fourth-order valence-corrected chi connectivity index (χ4v) is 1.42. The minimum absolute atomic E-state index is 0.482. The van der Waals surface area contributed by atoms with Crippen molar-refractivity contribution >= 4 is 0 Å². The third-order valence-corrected chi connectivity index (χ3v) is 2.30. The number of hydrogen-bond acceptors (Lipinski definition) is 1. The molecule has 1 aliphatic carbocycles. The normalized spacial score (nSPS) is 22.3. The molecule has 0 aromatic heterocycles. The molecule has 1 heteroatoms. The average Bonchev–Trinajstić information content (AvgIpc) is 2.67. The summed E-state index contributed by atoms with van der Waals surface area (Å²) in [7, 11) is 0. The second kappa shape index (κ2) is 3.78. The molecule has 0 spiro atoms. The van der Waals surface area contributed by atoms with E-state index in [0.717, 1.165) is 12.3 Å². The van der Waals surface area contributed by atoms with Crippen molar-refractivity contribution in [3.63, 3.8) is 0 Å². The Morgan fingerprint density at radius 1 is 1.55 bits per heavy atom. The first-order valence-corrected chi connectivity index (χ1v) is 4.43. The van der Waals surface area contributed by atoms with E-state index in [0.29, 0.717) is 12.1 Å². The van der Waals surface area contributed by atoms with E-state index in [1.54, 1.807) is 0 Å². The number of nitrogens with one attached hydrogen (secondary N) is 1. The third kappa shape index (κ3) is 2.95. The molecule has 11 heavy (non-hydrogen) atoms. The molecule has 2 atom stereocenters. The SMILES string of the molecule is C#CCC(C)NC(C)C1CC1. The van der Waals surface area contributed by atoms with Gasteiger partial charge in [-0.25, -0.2) is 0 Å². The molecule has 62 valence electrons. The first kappa shape index (κ1) is 8.62. The lowest BCUT2D eigenvalue weighted by molar-refractivity contribution is 0.437. The van der Waals surface area contributed by atoms with E-state index in [-0.39, 0.29) is 0 Å². The zero-order valence-electron chi connectivity index (χ0n) is 7.43. The lowest BCUT2D eigenvalue weighted by Crippen LogP contribution is -2.35. The van der Waals surface area contributed by atoms with Crippen LogP contribution in [0.1, 0.15) is 33.1 Å². The van der Waals surface area contributed by atoms with Gasteiger partial charge in [0.1, 0.15) is 0 Å². The Morgan fingerprint density at radius 2 is 2.18 bits per heavy atom. The highest BCUT2D eigenvalue weighted by molar-refractivity contribution is 4.91. The molecule has 0 radical (unpaired) electrons. The number of rotatable bonds is 4. The van der Waals surface area contributed by atoms with E-state index in [1.807, 2.05) is 0 Å². The Labute approximate surface area is 69.6 Å². The molecule has 1 rings (SSSR count). The van der Waals surface area contributed by atoms with Crippen LogP contribution >= 0.6 is 0 Å². The van der Waals surface area contributed by atoms with Crippen LogP contribution in [0, 0.1) is 18.3 Å². The summed E-state index contributed by atoms with van der Waals surface area (Å²) in [5, 5.41) is 3.50. The van der Waals surface area contributed by atoms with Crippen LogP contribution in [0.3, 0.4) is 0 Å². The van der Waals surface area contributed by atoms with Gasteiger partial charge < -0.3 is 5.32 Å². The summed E-state index contributed by atoms with van der Waals surface area (Å²) in [5.74, 6) is 3.60. The van der Waals surface area contributed by atoms with Crippen molar-refractivity contribution in [1.82, 2.24) is 5.32 Å².